The van der Waals surface area contributed by atoms with Crippen molar-refractivity contribution >= 4 is 35.2 Å². The van der Waals surface area contributed by atoms with Crippen LogP contribution in [-0.2, 0) is 14.3 Å². The molecule has 1 N–H and O–H groups in total. The Balaban J connectivity index is 1.59. The van der Waals surface area contributed by atoms with E-state index in [0.717, 1.165) is 43.7 Å². The number of carbonyl (C=O) groups is 3. The van der Waals surface area contributed by atoms with Crippen LogP contribution < -0.4 is 5.32 Å². The molecule has 0 atom stereocenters. The maximum atomic E-state index is 12.2. The average molecular weight is 362 g/mol. The Morgan fingerprint density at radius 2 is 1.92 bits per heavy atom. The van der Waals surface area contributed by atoms with Gasteiger partial charge in [-0.15, -0.1) is 11.8 Å². The highest BCUT2D eigenvalue weighted by Crippen LogP contribution is 2.31. The first-order valence-corrected chi connectivity index (χ1v) is 9.63. The highest BCUT2D eigenvalue weighted by molar-refractivity contribution is 7.99. The lowest BCUT2D eigenvalue weighted by Crippen LogP contribution is -2.35. The topological polar surface area (TPSA) is 75.7 Å². The molecular formula is C18H22N2O4S. The van der Waals surface area contributed by atoms with E-state index in [2.05, 4.69) is 5.32 Å². The molecule has 0 aromatic heterocycles. The van der Waals surface area contributed by atoms with E-state index >= 15 is 0 Å². The molecule has 6 nitrogen and oxygen atoms in total. The number of nitrogens with zero attached hydrogens (tertiary/aromatic N) is 1. The second-order valence-electron chi connectivity index (χ2n) is 6.23. The van der Waals surface area contributed by atoms with Crippen molar-refractivity contribution in [2.75, 3.05) is 30.8 Å². The maximum Gasteiger partial charge on any atom is 0.338 e. The van der Waals surface area contributed by atoms with Gasteiger partial charge in [0.2, 0.25) is 5.91 Å². The van der Waals surface area contributed by atoms with Crippen molar-refractivity contribution in [1.82, 2.24) is 4.90 Å². The largest absolute Gasteiger partial charge is 0.452 e. The lowest BCUT2D eigenvalue weighted by atomic mass is 10.2. The van der Waals surface area contributed by atoms with Crippen LogP contribution in [0.1, 0.15) is 42.5 Å². The number of likely N-dealkylation sites (tertiary alicyclic amines) is 1. The predicted octanol–water partition coefficient (Wildman–Crippen LogP) is 2.68. The molecule has 1 aromatic rings. The van der Waals surface area contributed by atoms with Crippen molar-refractivity contribution in [1.29, 1.82) is 0 Å². The van der Waals surface area contributed by atoms with Crippen LogP contribution in [0.25, 0.3) is 0 Å². The van der Waals surface area contributed by atoms with E-state index in [1.807, 2.05) is 0 Å². The first kappa shape index (κ1) is 17.8. The van der Waals surface area contributed by atoms with E-state index in [-0.39, 0.29) is 18.4 Å². The Morgan fingerprint density at radius 3 is 2.68 bits per heavy atom. The Morgan fingerprint density at radius 1 is 1.16 bits per heavy atom. The molecule has 0 aliphatic carbocycles. The minimum Gasteiger partial charge on any atom is -0.452 e. The number of rotatable bonds is 3. The monoisotopic (exact) mass is 362 g/mol. The summed E-state index contributed by atoms with van der Waals surface area (Å²) in [5, 5.41) is 2.80. The fraction of sp³-hybridized carbons (Fsp3) is 0.500. The molecule has 2 amide bonds. The van der Waals surface area contributed by atoms with Gasteiger partial charge in [-0.2, -0.15) is 0 Å². The van der Waals surface area contributed by atoms with Crippen molar-refractivity contribution in [3.05, 3.63) is 23.8 Å². The minimum atomic E-state index is -0.547. The highest BCUT2D eigenvalue weighted by atomic mass is 32.2. The van der Waals surface area contributed by atoms with Gasteiger partial charge in [-0.05, 0) is 31.0 Å². The van der Waals surface area contributed by atoms with Crippen molar-refractivity contribution in [2.24, 2.45) is 0 Å². The fourth-order valence-corrected chi connectivity index (χ4v) is 3.91. The van der Waals surface area contributed by atoms with Gasteiger partial charge >= 0.3 is 5.97 Å². The first-order chi connectivity index (χ1) is 12.1. The summed E-state index contributed by atoms with van der Waals surface area (Å²) in [6.07, 6.45) is 4.73. The molecule has 2 aliphatic heterocycles. The average Bonchev–Trinajstić information content (AvgIpc) is 2.98. The Hall–Kier alpha value is -2.02. The Bertz CT molecular complexity index is 669. The number of benzene rings is 1. The molecule has 2 aliphatic rings. The Labute approximate surface area is 151 Å². The quantitative estimate of drug-likeness (QED) is 0.837. The van der Waals surface area contributed by atoms with E-state index in [4.69, 9.17) is 4.74 Å². The molecule has 0 spiro atoms. The number of hydrogen-bond acceptors (Lipinski definition) is 5. The van der Waals surface area contributed by atoms with Crippen LogP contribution in [0.15, 0.2) is 23.1 Å². The highest BCUT2D eigenvalue weighted by Gasteiger charge is 2.19. The van der Waals surface area contributed by atoms with Crippen molar-refractivity contribution in [3.8, 4) is 0 Å². The van der Waals surface area contributed by atoms with E-state index < -0.39 is 5.97 Å². The maximum absolute atomic E-state index is 12.2. The Kier molecular flexibility index (Phi) is 5.96. The summed E-state index contributed by atoms with van der Waals surface area (Å²) in [4.78, 5) is 38.8. The third-order valence-electron chi connectivity index (χ3n) is 4.36. The number of thioether (sulfide) groups is 1. The third-order valence-corrected chi connectivity index (χ3v) is 5.44. The molecule has 0 unspecified atom stereocenters. The molecule has 0 saturated carbocycles. The molecule has 3 rings (SSSR count). The van der Waals surface area contributed by atoms with Gasteiger partial charge in [0.15, 0.2) is 6.61 Å². The second kappa shape index (κ2) is 8.38. The van der Waals surface area contributed by atoms with Gasteiger partial charge in [0.05, 0.1) is 11.3 Å². The van der Waals surface area contributed by atoms with Crippen LogP contribution in [0.3, 0.4) is 0 Å². The third kappa shape index (κ3) is 4.75. The molecule has 7 heteroatoms. The molecular weight excluding hydrogens is 340 g/mol. The van der Waals surface area contributed by atoms with E-state index in [9.17, 15) is 14.4 Å². The normalized spacial score (nSPS) is 17.8. The smallest absolute Gasteiger partial charge is 0.338 e. The van der Waals surface area contributed by atoms with E-state index in [1.165, 1.54) is 0 Å². The molecule has 0 radical (unpaired) electrons. The minimum absolute atomic E-state index is 0.0619. The van der Waals surface area contributed by atoms with Gasteiger partial charge < -0.3 is 15.0 Å². The molecule has 1 aromatic carbocycles. The van der Waals surface area contributed by atoms with Gasteiger partial charge in [0.25, 0.3) is 5.91 Å². The van der Waals surface area contributed by atoms with Crippen molar-refractivity contribution < 1.29 is 19.1 Å². The SMILES string of the molecule is O=C1CCSc2ccc(C(=O)OCC(=O)N3CCCCCC3)cc2N1. The molecule has 0 bridgehead atoms. The second-order valence-corrected chi connectivity index (χ2v) is 7.37. The summed E-state index contributed by atoms with van der Waals surface area (Å²) in [5.74, 6) is -0.0381. The summed E-state index contributed by atoms with van der Waals surface area (Å²) in [5.41, 5.74) is 0.964. The lowest BCUT2D eigenvalue weighted by molar-refractivity contribution is -0.134. The number of anilines is 1. The summed E-state index contributed by atoms with van der Waals surface area (Å²) in [6, 6.07) is 5.09. The zero-order valence-corrected chi connectivity index (χ0v) is 14.9. The number of carbonyl (C=O) groups excluding carboxylic acids is 3. The van der Waals surface area contributed by atoms with Crippen LogP contribution >= 0.6 is 11.8 Å². The molecule has 1 fully saturated rings. The van der Waals surface area contributed by atoms with Gasteiger partial charge in [-0.25, -0.2) is 4.79 Å². The predicted molar refractivity (Wildman–Crippen MR) is 95.7 cm³/mol. The number of nitrogens with one attached hydrogen (secondary N) is 1. The van der Waals surface area contributed by atoms with Crippen LogP contribution in [0, 0.1) is 0 Å². The summed E-state index contributed by atoms with van der Waals surface area (Å²) >= 11 is 1.58. The van der Waals surface area contributed by atoms with Crippen molar-refractivity contribution in [3.63, 3.8) is 0 Å². The zero-order valence-electron chi connectivity index (χ0n) is 14.1. The number of ether oxygens (including phenoxy) is 1. The lowest BCUT2D eigenvalue weighted by Gasteiger charge is -2.20. The molecule has 25 heavy (non-hydrogen) atoms. The first-order valence-electron chi connectivity index (χ1n) is 8.65. The summed E-state index contributed by atoms with van der Waals surface area (Å²) in [6.45, 7) is 1.23. The van der Waals surface area contributed by atoms with Gasteiger partial charge in [0, 0.05) is 30.2 Å². The van der Waals surface area contributed by atoms with E-state index in [1.54, 1.807) is 34.9 Å². The fourth-order valence-electron chi connectivity index (χ4n) is 2.97. The molecule has 1 saturated heterocycles. The number of amides is 2. The zero-order chi connectivity index (χ0) is 17.6. The number of esters is 1. The van der Waals surface area contributed by atoms with Gasteiger partial charge in [-0.1, -0.05) is 12.8 Å². The summed E-state index contributed by atoms with van der Waals surface area (Å²) in [7, 11) is 0. The van der Waals surface area contributed by atoms with Crippen LogP contribution in [-0.4, -0.2) is 48.1 Å². The summed E-state index contributed by atoms with van der Waals surface area (Å²) < 4.78 is 5.18. The standard InChI is InChI=1S/C18H22N2O4S/c21-16-7-10-25-15-6-5-13(11-14(15)19-16)18(23)24-12-17(22)20-8-3-1-2-4-9-20/h5-6,11H,1-4,7-10,12H2,(H,19,21). The van der Waals surface area contributed by atoms with Crippen LogP contribution in [0.4, 0.5) is 5.69 Å². The van der Waals surface area contributed by atoms with Gasteiger partial charge in [0.1, 0.15) is 0 Å². The van der Waals surface area contributed by atoms with Crippen LogP contribution in [0.2, 0.25) is 0 Å². The van der Waals surface area contributed by atoms with E-state index in [0.29, 0.717) is 23.4 Å². The number of hydrogen-bond donors (Lipinski definition) is 1. The van der Waals surface area contributed by atoms with Crippen molar-refractivity contribution in [2.45, 2.75) is 37.0 Å². The molecule has 2 heterocycles. The van der Waals surface area contributed by atoms with Gasteiger partial charge in [-0.3, -0.25) is 9.59 Å². The number of fused-ring (bicyclic) bond motifs is 1. The van der Waals surface area contributed by atoms with Crippen LogP contribution in [0.5, 0.6) is 0 Å². The molecule has 134 valence electrons.